The lowest BCUT2D eigenvalue weighted by molar-refractivity contribution is -0.137. The van der Waals surface area contributed by atoms with Gasteiger partial charge >= 0.3 is 11.9 Å². The number of aromatic nitrogens is 2. The van der Waals surface area contributed by atoms with Gasteiger partial charge in [-0.2, -0.15) is 13.2 Å². The number of fused-ring (bicyclic) bond motifs is 1. The first-order valence-electron chi connectivity index (χ1n) is 9.08. The largest absolute Gasteiger partial charge is 0.416 e. The summed E-state index contributed by atoms with van der Waals surface area (Å²) >= 11 is 1.89. The van der Waals surface area contributed by atoms with E-state index in [2.05, 4.69) is 9.88 Å². The van der Waals surface area contributed by atoms with E-state index in [-0.39, 0.29) is 11.0 Å². The van der Waals surface area contributed by atoms with E-state index in [0.29, 0.717) is 16.0 Å². The lowest BCUT2D eigenvalue weighted by Crippen LogP contribution is -2.33. The molecule has 2 fully saturated rings. The van der Waals surface area contributed by atoms with Gasteiger partial charge in [-0.1, -0.05) is 18.2 Å². The SMILES string of the molecule is O=c1[nH]c(=O)n(CCCN2C[C@@H]3C[C@]3(c3cccc(C(F)(F)F)c3)C2)cc1I. The van der Waals surface area contributed by atoms with Crippen LogP contribution in [0.3, 0.4) is 0 Å². The standard InChI is InChI=1S/C19H19F3IN3O2/c20-19(21,22)13-4-1-3-12(7-13)18-8-14(18)9-25(11-18)5-2-6-26-10-15(23)16(27)24-17(26)28/h1,3-4,7,10,14H,2,5-6,8-9,11H2,(H,24,27,28)/t14-,18+/m0/s1. The Hall–Kier alpha value is -1.62. The first kappa shape index (κ1) is 19.7. The number of piperidine rings is 1. The summed E-state index contributed by atoms with van der Waals surface area (Å²) in [5.74, 6) is 0.396. The van der Waals surface area contributed by atoms with Crippen molar-refractivity contribution in [2.75, 3.05) is 19.6 Å². The van der Waals surface area contributed by atoms with Crippen molar-refractivity contribution in [3.05, 3.63) is 66.0 Å². The summed E-state index contributed by atoms with van der Waals surface area (Å²) < 4.78 is 41.0. The smallest absolute Gasteiger partial charge is 0.302 e. The van der Waals surface area contributed by atoms with Crippen molar-refractivity contribution < 1.29 is 13.2 Å². The van der Waals surface area contributed by atoms with E-state index in [1.807, 2.05) is 22.6 Å². The fourth-order valence-corrected chi connectivity index (χ4v) is 4.79. The predicted molar refractivity (Wildman–Crippen MR) is 106 cm³/mol. The number of benzene rings is 1. The van der Waals surface area contributed by atoms with Gasteiger partial charge < -0.3 is 4.90 Å². The molecule has 2 aliphatic rings. The van der Waals surface area contributed by atoms with E-state index in [0.717, 1.165) is 44.1 Å². The molecule has 0 amide bonds. The van der Waals surface area contributed by atoms with Crippen LogP contribution in [0.1, 0.15) is 24.0 Å². The van der Waals surface area contributed by atoms with Gasteiger partial charge in [0.1, 0.15) is 0 Å². The molecule has 1 aromatic carbocycles. The van der Waals surface area contributed by atoms with Crippen LogP contribution in [0.4, 0.5) is 13.2 Å². The number of rotatable bonds is 5. The van der Waals surface area contributed by atoms with E-state index in [1.54, 1.807) is 12.3 Å². The Bertz CT molecular complexity index is 1020. The van der Waals surface area contributed by atoms with E-state index < -0.39 is 17.4 Å². The van der Waals surface area contributed by atoms with Crippen LogP contribution in [0.15, 0.2) is 40.1 Å². The predicted octanol–water partition coefficient (Wildman–Crippen LogP) is 2.82. The minimum absolute atomic E-state index is 0.161. The average Bonchev–Trinajstić information content (AvgIpc) is 3.21. The van der Waals surface area contributed by atoms with E-state index in [4.69, 9.17) is 0 Å². The maximum absolute atomic E-state index is 13.0. The molecule has 0 unspecified atom stereocenters. The first-order valence-corrected chi connectivity index (χ1v) is 10.2. The average molecular weight is 505 g/mol. The van der Waals surface area contributed by atoms with Crippen LogP contribution < -0.4 is 11.2 Å². The molecular weight excluding hydrogens is 486 g/mol. The number of hydrogen-bond donors (Lipinski definition) is 1. The van der Waals surface area contributed by atoms with E-state index in [1.165, 1.54) is 16.7 Å². The van der Waals surface area contributed by atoms with Crippen LogP contribution in [-0.2, 0) is 18.1 Å². The van der Waals surface area contributed by atoms with Crippen molar-refractivity contribution in [2.24, 2.45) is 5.92 Å². The summed E-state index contributed by atoms with van der Waals surface area (Å²) in [6, 6.07) is 5.72. The molecule has 1 N–H and O–H groups in total. The molecule has 28 heavy (non-hydrogen) atoms. The Labute approximate surface area is 172 Å². The molecule has 2 heterocycles. The highest BCUT2D eigenvalue weighted by Gasteiger charge is 2.60. The third-order valence-corrected chi connectivity index (χ3v) is 6.59. The Morgan fingerprint density at radius 3 is 2.79 bits per heavy atom. The second-order valence-electron chi connectivity index (χ2n) is 7.65. The van der Waals surface area contributed by atoms with Gasteiger partial charge in [-0.05, 0) is 59.5 Å². The zero-order chi connectivity index (χ0) is 20.1. The van der Waals surface area contributed by atoms with Gasteiger partial charge in [0.25, 0.3) is 5.56 Å². The van der Waals surface area contributed by atoms with Gasteiger partial charge in [-0.3, -0.25) is 14.3 Å². The Morgan fingerprint density at radius 1 is 1.25 bits per heavy atom. The molecule has 2 atom stereocenters. The fourth-order valence-electron chi connectivity index (χ4n) is 4.32. The Kier molecular flexibility index (Phi) is 4.93. The second-order valence-corrected chi connectivity index (χ2v) is 8.82. The van der Waals surface area contributed by atoms with Crippen LogP contribution in [0.25, 0.3) is 0 Å². The molecule has 1 aliphatic carbocycles. The van der Waals surface area contributed by atoms with Crippen LogP contribution in [0.5, 0.6) is 0 Å². The molecule has 2 aromatic rings. The lowest BCUT2D eigenvalue weighted by atomic mass is 9.93. The maximum Gasteiger partial charge on any atom is 0.416 e. The highest BCUT2D eigenvalue weighted by atomic mass is 127. The molecule has 9 heteroatoms. The number of nitrogens with one attached hydrogen (secondary N) is 1. The summed E-state index contributed by atoms with van der Waals surface area (Å²) in [6.07, 6.45) is -1.11. The summed E-state index contributed by atoms with van der Waals surface area (Å²) in [6.45, 7) is 2.87. The first-order chi connectivity index (χ1) is 13.2. The van der Waals surface area contributed by atoms with Gasteiger partial charge in [0.05, 0.1) is 9.13 Å². The number of aromatic amines is 1. The van der Waals surface area contributed by atoms with E-state index in [9.17, 15) is 22.8 Å². The second kappa shape index (κ2) is 7.01. The number of aryl methyl sites for hydroxylation is 1. The van der Waals surface area contributed by atoms with Gasteiger partial charge in [-0.15, -0.1) is 0 Å². The molecule has 0 bridgehead atoms. The van der Waals surface area contributed by atoms with E-state index >= 15 is 0 Å². The summed E-state index contributed by atoms with van der Waals surface area (Å²) in [7, 11) is 0. The van der Waals surface area contributed by atoms with Crippen LogP contribution in [0.2, 0.25) is 0 Å². The molecule has 0 radical (unpaired) electrons. The fraction of sp³-hybridized carbons (Fsp3) is 0.474. The minimum atomic E-state index is -4.32. The van der Waals surface area contributed by atoms with Crippen LogP contribution in [-0.4, -0.2) is 34.1 Å². The molecule has 4 rings (SSSR count). The van der Waals surface area contributed by atoms with Crippen molar-refractivity contribution in [1.82, 2.24) is 14.5 Å². The van der Waals surface area contributed by atoms with Gasteiger partial charge in [0.15, 0.2) is 0 Å². The molecule has 1 saturated heterocycles. The van der Waals surface area contributed by atoms with Crippen molar-refractivity contribution >= 4 is 22.6 Å². The maximum atomic E-state index is 13.0. The van der Waals surface area contributed by atoms with Crippen LogP contribution in [0, 0.1) is 9.49 Å². The van der Waals surface area contributed by atoms with Crippen molar-refractivity contribution in [3.63, 3.8) is 0 Å². The number of nitrogens with zero attached hydrogens (tertiary/aromatic N) is 2. The number of alkyl halides is 3. The molecule has 1 aromatic heterocycles. The normalized spacial score (nSPS) is 24.4. The van der Waals surface area contributed by atoms with Crippen molar-refractivity contribution in [2.45, 2.75) is 31.0 Å². The Morgan fingerprint density at radius 2 is 2.04 bits per heavy atom. The summed E-state index contributed by atoms with van der Waals surface area (Å²) in [5, 5.41) is 0. The van der Waals surface area contributed by atoms with Crippen molar-refractivity contribution in [1.29, 1.82) is 0 Å². The Balaban J connectivity index is 1.39. The third-order valence-electron chi connectivity index (χ3n) is 5.82. The zero-order valence-corrected chi connectivity index (χ0v) is 17.1. The summed E-state index contributed by atoms with van der Waals surface area (Å²) in [5.41, 5.74) is -0.776. The molecule has 1 saturated carbocycles. The molecule has 5 nitrogen and oxygen atoms in total. The van der Waals surface area contributed by atoms with Gasteiger partial charge in [-0.25, -0.2) is 4.79 Å². The number of likely N-dealkylation sites (tertiary alicyclic amines) is 1. The van der Waals surface area contributed by atoms with Gasteiger partial charge in [0.2, 0.25) is 0 Å². The summed E-state index contributed by atoms with van der Waals surface area (Å²) in [4.78, 5) is 27.8. The topological polar surface area (TPSA) is 58.1 Å². The lowest BCUT2D eigenvalue weighted by Gasteiger charge is -2.21. The number of H-pyrrole nitrogens is 1. The zero-order valence-electron chi connectivity index (χ0n) is 14.9. The monoisotopic (exact) mass is 505 g/mol. The highest BCUT2D eigenvalue weighted by molar-refractivity contribution is 14.1. The molecule has 1 aliphatic heterocycles. The molecule has 150 valence electrons. The molecular formula is C19H19F3IN3O2. The van der Waals surface area contributed by atoms with Crippen LogP contribution >= 0.6 is 22.6 Å². The number of halogens is 4. The third kappa shape index (κ3) is 3.66. The minimum Gasteiger partial charge on any atom is -0.302 e. The number of hydrogen-bond acceptors (Lipinski definition) is 3. The molecule has 0 spiro atoms. The quantitative estimate of drug-likeness (QED) is 0.637. The highest BCUT2D eigenvalue weighted by Crippen LogP contribution is 2.59. The van der Waals surface area contributed by atoms with Gasteiger partial charge in [0, 0.05) is 31.2 Å². The van der Waals surface area contributed by atoms with Crippen molar-refractivity contribution in [3.8, 4) is 0 Å².